The van der Waals surface area contributed by atoms with Gasteiger partial charge in [-0.15, -0.1) is 23.7 Å². The molecule has 2 unspecified atom stereocenters. The summed E-state index contributed by atoms with van der Waals surface area (Å²) in [4.78, 5) is 14.6. The van der Waals surface area contributed by atoms with E-state index in [0.29, 0.717) is 0 Å². The van der Waals surface area contributed by atoms with Crippen LogP contribution >= 0.6 is 23.7 Å². The molecule has 1 aromatic rings. The zero-order valence-electron chi connectivity index (χ0n) is 11.1. The summed E-state index contributed by atoms with van der Waals surface area (Å²) in [5.41, 5.74) is 1.26. The summed E-state index contributed by atoms with van der Waals surface area (Å²) in [5.74, 6) is 0.336. The van der Waals surface area contributed by atoms with Gasteiger partial charge in [-0.1, -0.05) is 0 Å². The molecule has 2 N–H and O–H groups in total. The van der Waals surface area contributed by atoms with Gasteiger partial charge in [0.2, 0.25) is 5.91 Å². The molecule has 0 bridgehead atoms. The van der Waals surface area contributed by atoms with Crippen molar-refractivity contribution < 1.29 is 4.79 Å². The molecule has 0 aliphatic carbocycles. The van der Waals surface area contributed by atoms with Crippen LogP contribution in [0.15, 0.2) is 6.07 Å². The van der Waals surface area contributed by atoms with Crippen molar-refractivity contribution in [2.24, 2.45) is 5.92 Å². The van der Waals surface area contributed by atoms with Crippen LogP contribution in [0.2, 0.25) is 0 Å². The van der Waals surface area contributed by atoms with Crippen molar-refractivity contribution in [3.63, 3.8) is 0 Å². The Balaban J connectivity index is 0.00000162. The molecule has 1 aromatic heterocycles. The minimum Gasteiger partial charge on any atom is -0.349 e. The summed E-state index contributed by atoms with van der Waals surface area (Å²) in [6.45, 7) is 8.07. The maximum Gasteiger partial charge on any atom is 0.224 e. The minimum atomic E-state index is 0. The molecule has 0 radical (unpaired) electrons. The first kappa shape index (κ1) is 15.5. The molecule has 5 heteroatoms. The monoisotopic (exact) mass is 288 g/mol. The van der Waals surface area contributed by atoms with E-state index in [9.17, 15) is 4.79 Å². The Morgan fingerprint density at radius 1 is 1.56 bits per heavy atom. The predicted molar refractivity (Wildman–Crippen MR) is 78.6 cm³/mol. The molecule has 1 aliphatic heterocycles. The second kappa shape index (κ2) is 6.55. The van der Waals surface area contributed by atoms with Crippen LogP contribution in [0, 0.1) is 19.8 Å². The van der Waals surface area contributed by atoms with Gasteiger partial charge in [0.1, 0.15) is 0 Å². The van der Waals surface area contributed by atoms with E-state index < -0.39 is 0 Å². The molecular weight excluding hydrogens is 268 g/mol. The average molecular weight is 289 g/mol. The van der Waals surface area contributed by atoms with Gasteiger partial charge >= 0.3 is 0 Å². The number of hydrogen-bond acceptors (Lipinski definition) is 3. The van der Waals surface area contributed by atoms with E-state index in [0.717, 1.165) is 19.5 Å². The Morgan fingerprint density at radius 3 is 2.78 bits per heavy atom. The van der Waals surface area contributed by atoms with Gasteiger partial charge < -0.3 is 10.6 Å². The van der Waals surface area contributed by atoms with Gasteiger partial charge in [-0.05, 0) is 45.4 Å². The van der Waals surface area contributed by atoms with E-state index in [2.05, 4.69) is 37.5 Å². The largest absolute Gasteiger partial charge is 0.349 e. The molecular formula is C13H21ClN2OS. The molecule has 102 valence electrons. The van der Waals surface area contributed by atoms with Crippen molar-refractivity contribution in [3.05, 3.63) is 21.4 Å². The smallest absolute Gasteiger partial charge is 0.224 e. The third kappa shape index (κ3) is 3.46. The number of carbonyl (C=O) groups is 1. The molecule has 1 aliphatic rings. The molecule has 0 spiro atoms. The van der Waals surface area contributed by atoms with E-state index in [-0.39, 0.29) is 30.3 Å². The summed E-state index contributed by atoms with van der Waals surface area (Å²) in [6, 6.07) is 2.30. The number of hydrogen-bond donors (Lipinski definition) is 2. The lowest BCUT2D eigenvalue weighted by Crippen LogP contribution is -2.33. The summed E-state index contributed by atoms with van der Waals surface area (Å²) in [7, 11) is 0. The molecule has 2 heterocycles. The highest BCUT2D eigenvalue weighted by atomic mass is 35.5. The Hall–Kier alpha value is -0.580. The topological polar surface area (TPSA) is 41.1 Å². The molecule has 2 rings (SSSR count). The highest BCUT2D eigenvalue weighted by Crippen LogP contribution is 2.26. The van der Waals surface area contributed by atoms with Crippen LogP contribution in [0.25, 0.3) is 0 Å². The molecule has 1 saturated heterocycles. The first-order valence-electron chi connectivity index (χ1n) is 6.16. The standard InChI is InChI=1S/C13H20N2OS.ClH/c1-8-6-12(10(3)17-8)9(2)15-13(16)11-4-5-14-7-11;/h6,9,11,14H,4-5,7H2,1-3H3,(H,15,16);1H. The van der Waals surface area contributed by atoms with Crippen molar-refractivity contribution in [2.45, 2.75) is 33.2 Å². The Kier molecular flexibility index (Phi) is 5.63. The number of nitrogens with one attached hydrogen (secondary N) is 2. The van der Waals surface area contributed by atoms with Crippen LogP contribution in [0.1, 0.15) is 34.7 Å². The zero-order valence-corrected chi connectivity index (χ0v) is 12.7. The minimum absolute atomic E-state index is 0. The Bertz CT molecular complexity index is 413. The maximum atomic E-state index is 12.0. The van der Waals surface area contributed by atoms with E-state index in [4.69, 9.17) is 0 Å². The quantitative estimate of drug-likeness (QED) is 0.898. The second-order valence-corrected chi connectivity index (χ2v) is 6.25. The Morgan fingerprint density at radius 2 is 2.28 bits per heavy atom. The highest BCUT2D eigenvalue weighted by Gasteiger charge is 2.24. The van der Waals surface area contributed by atoms with Gasteiger partial charge in [-0.2, -0.15) is 0 Å². The lowest BCUT2D eigenvalue weighted by atomic mass is 10.1. The van der Waals surface area contributed by atoms with Crippen LogP contribution in [-0.4, -0.2) is 19.0 Å². The fourth-order valence-corrected chi connectivity index (χ4v) is 3.39. The van der Waals surface area contributed by atoms with Gasteiger partial charge in [0, 0.05) is 16.3 Å². The number of rotatable bonds is 3. The van der Waals surface area contributed by atoms with Crippen molar-refractivity contribution in [1.82, 2.24) is 10.6 Å². The third-order valence-electron chi connectivity index (χ3n) is 3.34. The molecule has 0 aromatic carbocycles. The number of amides is 1. The summed E-state index contributed by atoms with van der Waals surface area (Å²) in [6.07, 6.45) is 0.959. The van der Waals surface area contributed by atoms with E-state index in [1.165, 1.54) is 15.3 Å². The number of carbonyl (C=O) groups excluding carboxylic acids is 1. The van der Waals surface area contributed by atoms with Gasteiger partial charge in [0.25, 0.3) is 0 Å². The molecule has 1 fully saturated rings. The molecule has 3 nitrogen and oxygen atoms in total. The second-order valence-electron chi connectivity index (χ2n) is 4.79. The van der Waals surface area contributed by atoms with Crippen molar-refractivity contribution in [3.8, 4) is 0 Å². The average Bonchev–Trinajstić information content (AvgIpc) is 2.87. The van der Waals surface area contributed by atoms with Crippen LogP contribution < -0.4 is 10.6 Å². The van der Waals surface area contributed by atoms with Crippen LogP contribution in [-0.2, 0) is 4.79 Å². The van der Waals surface area contributed by atoms with Crippen LogP contribution in [0.3, 0.4) is 0 Å². The van der Waals surface area contributed by atoms with E-state index in [1.54, 1.807) is 11.3 Å². The highest BCUT2D eigenvalue weighted by molar-refractivity contribution is 7.12. The maximum absolute atomic E-state index is 12.0. The van der Waals surface area contributed by atoms with E-state index >= 15 is 0 Å². The molecule has 18 heavy (non-hydrogen) atoms. The van der Waals surface area contributed by atoms with E-state index in [1.807, 2.05) is 0 Å². The van der Waals surface area contributed by atoms with Crippen molar-refractivity contribution >= 4 is 29.7 Å². The fourth-order valence-electron chi connectivity index (χ4n) is 2.37. The van der Waals surface area contributed by atoms with Gasteiger partial charge in [-0.25, -0.2) is 0 Å². The van der Waals surface area contributed by atoms with Crippen LogP contribution in [0.4, 0.5) is 0 Å². The predicted octanol–water partition coefficient (Wildman–Crippen LogP) is 2.57. The number of aryl methyl sites for hydroxylation is 2. The molecule has 0 saturated carbocycles. The number of halogens is 1. The van der Waals surface area contributed by atoms with Crippen molar-refractivity contribution in [2.75, 3.05) is 13.1 Å². The first-order valence-corrected chi connectivity index (χ1v) is 6.97. The summed E-state index contributed by atoms with van der Waals surface area (Å²) in [5, 5.41) is 6.34. The first-order chi connectivity index (χ1) is 8.08. The summed E-state index contributed by atoms with van der Waals surface area (Å²) < 4.78 is 0. The van der Waals surface area contributed by atoms with Gasteiger partial charge in [0.05, 0.1) is 12.0 Å². The lowest BCUT2D eigenvalue weighted by Gasteiger charge is -2.16. The normalized spacial score (nSPS) is 20.3. The third-order valence-corrected chi connectivity index (χ3v) is 4.32. The molecule has 1 amide bonds. The zero-order chi connectivity index (χ0) is 12.4. The fraction of sp³-hybridized carbons (Fsp3) is 0.615. The number of thiophene rings is 1. The lowest BCUT2D eigenvalue weighted by molar-refractivity contribution is -0.125. The summed E-state index contributed by atoms with van der Waals surface area (Å²) >= 11 is 1.79. The Labute approximate surface area is 119 Å². The van der Waals surface area contributed by atoms with Gasteiger partial charge in [-0.3, -0.25) is 4.79 Å². The molecule has 2 atom stereocenters. The van der Waals surface area contributed by atoms with Crippen LogP contribution in [0.5, 0.6) is 0 Å². The SMILES string of the molecule is Cc1cc(C(C)NC(=O)C2CCNC2)c(C)s1.Cl. The van der Waals surface area contributed by atoms with Crippen molar-refractivity contribution in [1.29, 1.82) is 0 Å². The van der Waals surface area contributed by atoms with Gasteiger partial charge in [0.15, 0.2) is 0 Å².